The number of alkyl halides is 3. The Hall–Kier alpha value is -3.81. The third kappa shape index (κ3) is 12.2. The van der Waals surface area contributed by atoms with E-state index in [1.165, 1.54) is 63.3 Å². The monoisotopic (exact) mass is 640 g/mol. The molecule has 0 radical (unpaired) electrons. The van der Waals surface area contributed by atoms with Crippen molar-refractivity contribution in [3.63, 3.8) is 0 Å². The predicted molar refractivity (Wildman–Crippen MR) is 175 cm³/mol. The molecule has 5 nitrogen and oxygen atoms in total. The molecule has 0 aliphatic heterocycles. The van der Waals surface area contributed by atoms with Gasteiger partial charge in [0.2, 0.25) is 0 Å². The summed E-state index contributed by atoms with van der Waals surface area (Å²) in [6.07, 6.45) is 4.33. The van der Waals surface area contributed by atoms with Crippen LogP contribution < -0.4 is 9.47 Å². The molecule has 0 fully saturated rings. The highest BCUT2D eigenvalue weighted by atomic mass is 19.4. The molecule has 3 aromatic rings. The highest BCUT2D eigenvalue weighted by molar-refractivity contribution is 5.92. The highest BCUT2D eigenvalue weighted by Gasteiger charge is 2.44. The van der Waals surface area contributed by atoms with Crippen LogP contribution in [-0.2, 0) is 4.74 Å². The van der Waals surface area contributed by atoms with Gasteiger partial charge >= 0.3 is 18.1 Å². The van der Waals surface area contributed by atoms with E-state index in [0.29, 0.717) is 25.0 Å². The zero-order valence-electron chi connectivity index (χ0n) is 27.2. The molecule has 0 saturated heterocycles. The number of unbranched alkanes of at least 4 members (excludes halogenated alkanes) is 8. The quantitative estimate of drug-likeness (QED) is 0.0741. The van der Waals surface area contributed by atoms with Crippen molar-refractivity contribution >= 4 is 11.9 Å². The molecule has 0 aliphatic rings. The number of carbonyl (C=O) groups is 2. The number of rotatable bonds is 19. The third-order valence-corrected chi connectivity index (χ3v) is 8.02. The summed E-state index contributed by atoms with van der Waals surface area (Å²) in [5, 5.41) is 0. The lowest BCUT2D eigenvalue weighted by molar-refractivity contribution is -0.199. The van der Waals surface area contributed by atoms with E-state index in [-0.39, 0.29) is 17.7 Å². The maximum absolute atomic E-state index is 13.6. The first kappa shape index (κ1) is 36.7. The molecule has 3 rings (SSSR count). The summed E-state index contributed by atoms with van der Waals surface area (Å²) in [5.74, 6) is -2.15. The Bertz CT molecular complexity index is 1320. The second kappa shape index (κ2) is 19.0. The van der Waals surface area contributed by atoms with Crippen LogP contribution in [0.2, 0.25) is 0 Å². The van der Waals surface area contributed by atoms with Crippen LogP contribution >= 0.6 is 0 Å². The van der Waals surface area contributed by atoms with Crippen LogP contribution in [0.3, 0.4) is 0 Å². The van der Waals surface area contributed by atoms with Gasteiger partial charge < -0.3 is 14.2 Å². The molecular formula is C38H47F3O5. The van der Waals surface area contributed by atoms with Gasteiger partial charge in [0.1, 0.15) is 17.6 Å². The standard InChI is InChI=1S/C38H47F3O5/c1-4-6-8-10-11-13-27-44-33-23-19-30(20-24-33)29-15-17-31(18-16-29)37(43)46-34-25-21-32(22-26-34)36(42)45-28(3)35(38(39,40)41)14-12-9-7-5-2/h15-26,28,35H,4-14,27H2,1-3H3/t28-,35-/m1/s1. The molecule has 3 aromatic carbocycles. The minimum atomic E-state index is -4.46. The third-order valence-electron chi connectivity index (χ3n) is 8.02. The SMILES string of the molecule is CCCCCCCCOc1ccc(-c2ccc(C(=O)Oc3ccc(C(=O)O[C@H](C)[C@@H](CCCCCC)C(F)(F)F)cc3)cc2)cc1. The summed E-state index contributed by atoms with van der Waals surface area (Å²) in [5.41, 5.74) is 2.34. The van der Waals surface area contributed by atoms with Crippen molar-refractivity contribution in [3.8, 4) is 22.6 Å². The van der Waals surface area contributed by atoms with Crippen LogP contribution in [0.25, 0.3) is 11.1 Å². The predicted octanol–water partition coefficient (Wildman–Crippen LogP) is 11.0. The van der Waals surface area contributed by atoms with E-state index in [1.807, 2.05) is 43.3 Å². The Morgan fingerprint density at radius 1 is 0.630 bits per heavy atom. The molecule has 0 aromatic heterocycles. The Labute approximate surface area is 271 Å². The van der Waals surface area contributed by atoms with Crippen molar-refractivity contribution in [2.45, 2.75) is 104 Å². The number of ether oxygens (including phenoxy) is 3. The maximum atomic E-state index is 13.6. The lowest BCUT2D eigenvalue weighted by Gasteiger charge is -2.26. The zero-order chi connectivity index (χ0) is 33.4. The van der Waals surface area contributed by atoms with E-state index < -0.39 is 30.1 Å². The molecular weight excluding hydrogens is 593 g/mol. The van der Waals surface area contributed by atoms with Crippen LogP contribution in [0.5, 0.6) is 11.5 Å². The maximum Gasteiger partial charge on any atom is 0.395 e. The number of carbonyl (C=O) groups excluding carboxylic acids is 2. The van der Waals surface area contributed by atoms with Gasteiger partial charge in [-0.3, -0.25) is 0 Å². The van der Waals surface area contributed by atoms with E-state index in [9.17, 15) is 22.8 Å². The summed E-state index contributed by atoms with van der Waals surface area (Å²) >= 11 is 0. The Morgan fingerprint density at radius 3 is 1.70 bits per heavy atom. The van der Waals surface area contributed by atoms with E-state index in [0.717, 1.165) is 36.1 Å². The van der Waals surface area contributed by atoms with Crippen molar-refractivity contribution in [1.29, 1.82) is 0 Å². The first-order valence-electron chi connectivity index (χ1n) is 16.6. The molecule has 250 valence electrons. The lowest BCUT2D eigenvalue weighted by atomic mass is 9.95. The zero-order valence-corrected chi connectivity index (χ0v) is 27.2. The molecule has 46 heavy (non-hydrogen) atoms. The van der Waals surface area contributed by atoms with Crippen molar-refractivity contribution in [3.05, 3.63) is 83.9 Å². The van der Waals surface area contributed by atoms with Crippen LogP contribution in [0.1, 0.15) is 112 Å². The Morgan fingerprint density at radius 2 is 1.11 bits per heavy atom. The summed E-state index contributed by atoms with van der Waals surface area (Å²) in [6.45, 7) is 6.18. The van der Waals surface area contributed by atoms with Gasteiger partial charge in [0.05, 0.1) is 23.7 Å². The van der Waals surface area contributed by atoms with Gasteiger partial charge in [0, 0.05) is 0 Å². The largest absolute Gasteiger partial charge is 0.494 e. The van der Waals surface area contributed by atoms with Gasteiger partial charge in [-0.25, -0.2) is 9.59 Å². The number of hydrogen-bond donors (Lipinski definition) is 0. The number of hydrogen-bond acceptors (Lipinski definition) is 5. The first-order valence-corrected chi connectivity index (χ1v) is 16.6. The van der Waals surface area contributed by atoms with Gasteiger partial charge in [-0.15, -0.1) is 0 Å². The molecule has 8 heteroatoms. The van der Waals surface area contributed by atoms with E-state index >= 15 is 0 Å². The molecule has 0 unspecified atom stereocenters. The molecule has 2 atom stereocenters. The molecule has 0 saturated carbocycles. The summed E-state index contributed by atoms with van der Waals surface area (Å²) in [7, 11) is 0. The molecule has 0 N–H and O–H groups in total. The van der Waals surface area contributed by atoms with Gasteiger partial charge in [0.25, 0.3) is 0 Å². The number of halogens is 3. The van der Waals surface area contributed by atoms with E-state index in [1.54, 1.807) is 12.1 Å². The minimum Gasteiger partial charge on any atom is -0.494 e. The second-order valence-corrected chi connectivity index (χ2v) is 11.7. The molecule has 0 aliphatic carbocycles. The number of benzene rings is 3. The normalized spacial score (nSPS) is 12.7. The molecule has 0 amide bonds. The summed E-state index contributed by atoms with van der Waals surface area (Å²) in [4.78, 5) is 25.3. The fraction of sp³-hybridized carbons (Fsp3) is 0.474. The minimum absolute atomic E-state index is 0.0711. The van der Waals surface area contributed by atoms with Gasteiger partial charge in [0.15, 0.2) is 0 Å². The van der Waals surface area contributed by atoms with Crippen LogP contribution in [0.4, 0.5) is 13.2 Å². The van der Waals surface area contributed by atoms with Gasteiger partial charge in [-0.1, -0.05) is 95.9 Å². The Balaban J connectivity index is 1.49. The summed E-state index contributed by atoms with van der Waals surface area (Å²) in [6, 6.07) is 20.4. The van der Waals surface area contributed by atoms with E-state index in [2.05, 4.69) is 6.92 Å². The van der Waals surface area contributed by atoms with E-state index in [4.69, 9.17) is 14.2 Å². The highest BCUT2D eigenvalue weighted by Crippen LogP contribution is 2.35. The molecule has 0 spiro atoms. The van der Waals surface area contributed by atoms with Crippen LogP contribution in [-0.4, -0.2) is 30.8 Å². The van der Waals surface area contributed by atoms with Crippen molar-refractivity contribution in [1.82, 2.24) is 0 Å². The van der Waals surface area contributed by atoms with Crippen LogP contribution in [0.15, 0.2) is 72.8 Å². The smallest absolute Gasteiger partial charge is 0.395 e. The van der Waals surface area contributed by atoms with Gasteiger partial charge in [-0.2, -0.15) is 13.2 Å². The number of esters is 2. The van der Waals surface area contributed by atoms with Crippen molar-refractivity contribution in [2.75, 3.05) is 6.61 Å². The average molecular weight is 641 g/mol. The summed E-state index contributed by atoms with van der Waals surface area (Å²) < 4.78 is 57.3. The van der Waals surface area contributed by atoms with Crippen molar-refractivity contribution in [2.24, 2.45) is 5.92 Å². The fourth-order valence-electron chi connectivity index (χ4n) is 5.21. The first-order chi connectivity index (χ1) is 22.1. The topological polar surface area (TPSA) is 61.8 Å². The van der Waals surface area contributed by atoms with Gasteiger partial charge in [-0.05, 0) is 79.4 Å². The van der Waals surface area contributed by atoms with Crippen molar-refractivity contribution < 1.29 is 37.0 Å². The second-order valence-electron chi connectivity index (χ2n) is 11.7. The molecule has 0 heterocycles. The fourth-order valence-corrected chi connectivity index (χ4v) is 5.21. The lowest BCUT2D eigenvalue weighted by Crippen LogP contribution is -2.35. The van der Waals surface area contributed by atoms with Crippen LogP contribution in [0, 0.1) is 5.92 Å². The molecule has 0 bridgehead atoms. The average Bonchev–Trinajstić information content (AvgIpc) is 3.04. The Kier molecular flexibility index (Phi) is 15.1.